The standard InChI is InChI=1S/C23H35N5O4S/c1-23(2,16-27(3)4)15-25-22(30)17-10-13-28(14-11-17)20(29)9-12-24-21-18-7-5-6-8-19(18)33(31,32)26-21/h5-8,17H,9-16H2,1-4H3,(H,24,26)(H,25,30). The fraction of sp³-hybridized carbons (Fsp3) is 0.609. The number of carbonyl (C=O) groups is 2. The van der Waals surface area contributed by atoms with E-state index in [9.17, 15) is 18.0 Å². The normalized spacial score (nSPS) is 19.4. The van der Waals surface area contributed by atoms with Crippen LogP contribution in [0.15, 0.2) is 34.2 Å². The van der Waals surface area contributed by atoms with Crippen molar-refractivity contribution < 1.29 is 18.0 Å². The molecule has 182 valence electrons. The van der Waals surface area contributed by atoms with E-state index in [0.717, 1.165) is 6.54 Å². The molecular formula is C23H35N5O4S. The van der Waals surface area contributed by atoms with Crippen LogP contribution in [0.25, 0.3) is 0 Å². The van der Waals surface area contributed by atoms with Crippen molar-refractivity contribution in [2.45, 2.75) is 38.0 Å². The van der Waals surface area contributed by atoms with E-state index in [2.05, 4.69) is 33.8 Å². The Hall–Kier alpha value is -2.46. The van der Waals surface area contributed by atoms with Crippen LogP contribution >= 0.6 is 0 Å². The maximum Gasteiger partial charge on any atom is 0.263 e. The summed E-state index contributed by atoms with van der Waals surface area (Å²) in [6, 6.07) is 6.66. The maximum atomic E-state index is 12.6. The highest BCUT2D eigenvalue weighted by molar-refractivity contribution is 7.90. The Kier molecular flexibility index (Phi) is 7.79. The lowest BCUT2D eigenvalue weighted by molar-refractivity contribution is -0.135. The summed E-state index contributed by atoms with van der Waals surface area (Å²) in [6.45, 7) is 7.06. The molecule has 0 aliphatic carbocycles. The molecule has 2 aliphatic rings. The molecule has 0 unspecified atom stereocenters. The molecule has 33 heavy (non-hydrogen) atoms. The molecule has 2 amide bonds. The fourth-order valence-electron chi connectivity index (χ4n) is 4.45. The van der Waals surface area contributed by atoms with E-state index in [1.807, 2.05) is 14.1 Å². The molecule has 2 heterocycles. The van der Waals surface area contributed by atoms with Gasteiger partial charge in [0.15, 0.2) is 0 Å². The first kappa shape index (κ1) is 25.2. The minimum Gasteiger partial charge on any atom is -0.355 e. The molecule has 2 aliphatic heterocycles. The molecule has 1 aromatic carbocycles. The van der Waals surface area contributed by atoms with Crippen LogP contribution in [-0.4, -0.2) is 82.7 Å². The molecule has 9 nitrogen and oxygen atoms in total. The summed E-state index contributed by atoms with van der Waals surface area (Å²) in [4.78, 5) is 33.6. The van der Waals surface area contributed by atoms with Crippen molar-refractivity contribution in [2.24, 2.45) is 16.3 Å². The third kappa shape index (κ3) is 6.54. The predicted molar refractivity (Wildman–Crippen MR) is 127 cm³/mol. The number of amidine groups is 1. The summed E-state index contributed by atoms with van der Waals surface area (Å²) < 4.78 is 26.7. The van der Waals surface area contributed by atoms with Crippen molar-refractivity contribution in [3.8, 4) is 0 Å². The molecule has 0 saturated carbocycles. The Bertz CT molecular complexity index is 1010. The Morgan fingerprint density at radius 3 is 2.55 bits per heavy atom. The maximum absolute atomic E-state index is 12.6. The number of likely N-dealkylation sites (tertiary alicyclic amines) is 1. The van der Waals surface area contributed by atoms with Gasteiger partial charge in [0, 0.05) is 44.1 Å². The predicted octanol–water partition coefficient (Wildman–Crippen LogP) is 1.06. The highest BCUT2D eigenvalue weighted by Crippen LogP contribution is 2.23. The lowest BCUT2D eigenvalue weighted by Gasteiger charge is -2.33. The van der Waals surface area contributed by atoms with Gasteiger partial charge in [0.1, 0.15) is 5.84 Å². The molecular weight excluding hydrogens is 442 g/mol. The second-order valence-electron chi connectivity index (χ2n) is 9.86. The van der Waals surface area contributed by atoms with Crippen molar-refractivity contribution in [3.63, 3.8) is 0 Å². The first-order valence-electron chi connectivity index (χ1n) is 11.4. The molecule has 0 radical (unpaired) electrons. The lowest BCUT2D eigenvalue weighted by Crippen LogP contribution is -2.46. The summed E-state index contributed by atoms with van der Waals surface area (Å²) >= 11 is 0. The Morgan fingerprint density at radius 1 is 1.21 bits per heavy atom. The zero-order chi connectivity index (χ0) is 24.2. The fourth-order valence-corrected chi connectivity index (χ4v) is 5.70. The quantitative estimate of drug-likeness (QED) is 0.582. The van der Waals surface area contributed by atoms with Gasteiger partial charge >= 0.3 is 0 Å². The zero-order valence-electron chi connectivity index (χ0n) is 19.9. The minimum atomic E-state index is -3.58. The van der Waals surface area contributed by atoms with E-state index in [-0.39, 0.29) is 46.8 Å². The minimum absolute atomic E-state index is 0.00857. The van der Waals surface area contributed by atoms with Gasteiger partial charge in [-0.1, -0.05) is 26.0 Å². The Labute approximate surface area is 196 Å². The molecule has 2 N–H and O–H groups in total. The first-order chi connectivity index (χ1) is 15.5. The van der Waals surface area contributed by atoms with Crippen LogP contribution < -0.4 is 10.0 Å². The van der Waals surface area contributed by atoms with Gasteiger partial charge in [-0.05, 0) is 44.5 Å². The van der Waals surface area contributed by atoms with Crippen LogP contribution in [0.3, 0.4) is 0 Å². The Morgan fingerprint density at radius 2 is 1.88 bits per heavy atom. The molecule has 0 spiro atoms. The lowest BCUT2D eigenvalue weighted by atomic mass is 9.91. The SMILES string of the molecule is CN(C)CC(C)(C)CNC(=O)C1CCN(C(=O)CCN=C2NS(=O)(=O)c3ccccc32)CC1. The van der Waals surface area contributed by atoms with Crippen LogP contribution in [-0.2, 0) is 19.6 Å². The topological polar surface area (TPSA) is 111 Å². The summed E-state index contributed by atoms with van der Waals surface area (Å²) in [6.07, 6.45) is 1.49. The number of nitrogens with one attached hydrogen (secondary N) is 2. The van der Waals surface area contributed by atoms with E-state index < -0.39 is 10.0 Å². The second kappa shape index (κ2) is 10.2. The molecule has 0 atom stereocenters. The number of sulfonamides is 1. The summed E-state index contributed by atoms with van der Waals surface area (Å²) in [7, 11) is 0.465. The number of nitrogens with zero attached hydrogens (tertiary/aromatic N) is 3. The molecule has 3 rings (SSSR count). The van der Waals surface area contributed by atoms with Crippen molar-refractivity contribution in [1.82, 2.24) is 19.8 Å². The summed E-state index contributed by atoms with van der Waals surface area (Å²) in [5.74, 6) is 0.242. The zero-order valence-corrected chi connectivity index (χ0v) is 20.7. The van der Waals surface area contributed by atoms with E-state index >= 15 is 0 Å². The van der Waals surface area contributed by atoms with Crippen LogP contribution in [0.2, 0.25) is 0 Å². The van der Waals surface area contributed by atoms with Gasteiger partial charge in [-0.25, -0.2) is 8.42 Å². The van der Waals surface area contributed by atoms with E-state index in [1.54, 1.807) is 23.1 Å². The van der Waals surface area contributed by atoms with Crippen LogP contribution in [0.1, 0.15) is 38.7 Å². The summed E-state index contributed by atoms with van der Waals surface area (Å²) in [5.41, 5.74) is 0.524. The van der Waals surface area contributed by atoms with Gasteiger partial charge in [-0.2, -0.15) is 0 Å². The van der Waals surface area contributed by atoms with Crippen molar-refractivity contribution >= 4 is 27.7 Å². The molecule has 10 heteroatoms. The van der Waals surface area contributed by atoms with Gasteiger partial charge in [-0.3, -0.25) is 19.3 Å². The third-order valence-corrected chi connectivity index (χ3v) is 7.36. The number of hydrogen-bond acceptors (Lipinski definition) is 6. The number of fused-ring (bicyclic) bond motifs is 1. The Balaban J connectivity index is 1.44. The monoisotopic (exact) mass is 477 g/mol. The number of piperidine rings is 1. The molecule has 0 aromatic heterocycles. The number of benzene rings is 1. The van der Waals surface area contributed by atoms with Crippen molar-refractivity contribution in [3.05, 3.63) is 29.8 Å². The average Bonchev–Trinajstić information content (AvgIpc) is 3.01. The van der Waals surface area contributed by atoms with Crippen molar-refractivity contribution in [2.75, 3.05) is 46.8 Å². The highest BCUT2D eigenvalue weighted by atomic mass is 32.2. The van der Waals surface area contributed by atoms with Crippen LogP contribution in [0.5, 0.6) is 0 Å². The number of aliphatic imine (C=N–C) groups is 1. The van der Waals surface area contributed by atoms with Crippen LogP contribution in [0.4, 0.5) is 0 Å². The molecule has 0 bridgehead atoms. The average molecular weight is 478 g/mol. The van der Waals surface area contributed by atoms with Gasteiger partial charge in [0.05, 0.1) is 11.4 Å². The molecule has 1 aromatic rings. The van der Waals surface area contributed by atoms with Gasteiger partial charge in [-0.15, -0.1) is 0 Å². The summed E-state index contributed by atoms with van der Waals surface area (Å²) in [5, 5.41) is 3.08. The highest BCUT2D eigenvalue weighted by Gasteiger charge is 2.31. The van der Waals surface area contributed by atoms with E-state index in [4.69, 9.17) is 0 Å². The molecule has 1 fully saturated rings. The first-order valence-corrected chi connectivity index (χ1v) is 12.8. The van der Waals surface area contributed by atoms with E-state index in [1.165, 1.54) is 6.07 Å². The third-order valence-electron chi connectivity index (χ3n) is 5.96. The van der Waals surface area contributed by atoms with Crippen LogP contribution in [0, 0.1) is 11.3 Å². The molecule has 1 saturated heterocycles. The van der Waals surface area contributed by atoms with Crippen molar-refractivity contribution in [1.29, 1.82) is 0 Å². The number of hydrogen-bond donors (Lipinski definition) is 2. The number of amides is 2. The smallest absolute Gasteiger partial charge is 0.263 e. The number of carbonyl (C=O) groups excluding carboxylic acids is 2. The largest absolute Gasteiger partial charge is 0.355 e. The second-order valence-corrected chi connectivity index (χ2v) is 11.5. The van der Waals surface area contributed by atoms with E-state index in [0.29, 0.717) is 38.0 Å². The van der Waals surface area contributed by atoms with Gasteiger partial charge in [0.25, 0.3) is 10.0 Å². The van der Waals surface area contributed by atoms with Gasteiger partial charge in [0.2, 0.25) is 11.8 Å². The number of rotatable bonds is 8. The van der Waals surface area contributed by atoms with Gasteiger partial charge < -0.3 is 15.1 Å².